The maximum Gasteiger partial charge on any atom is 0.453 e. The molecule has 0 aromatic heterocycles. The van der Waals surface area contributed by atoms with Crippen LogP contribution in [-0.2, 0) is 4.79 Å². The first kappa shape index (κ1) is 21.2. The third kappa shape index (κ3) is 3.96. The summed E-state index contributed by atoms with van der Waals surface area (Å²) in [5.41, 5.74) is -0.755. The third-order valence-corrected chi connectivity index (χ3v) is 4.83. The number of phenolic OH excluding ortho intramolecular Hbond substituents is 3. The Morgan fingerprint density at radius 2 is 1.52 bits per heavy atom. The molecule has 3 rings (SSSR count). The minimum Gasteiger partial charge on any atom is -0.504 e. The van der Waals surface area contributed by atoms with Crippen LogP contribution in [0.3, 0.4) is 0 Å². The Morgan fingerprint density at radius 1 is 0.931 bits per heavy atom. The van der Waals surface area contributed by atoms with Crippen molar-refractivity contribution in [3.05, 3.63) is 5.56 Å². The zero-order chi connectivity index (χ0) is 21.8. The molecular weight excluding hydrogens is 398 g/mol. The van der Waals surface area contributed by atoms with Gasteiger partial charge in [0.25, 0.3) is 5.91 Å². The second-order valence-electron chi connectivity index (χ2n) is 7.08. The van der Waals surface area contributed by atoms with Gasteiger partial charge in [0.15, 0.2) is 11.5 Å². The maximum absolute atomic E-state index is 11.6. The average Bonchev–Trinajstić information content (AvgIpc) is 3.11. The van der Waals surface area contributed by atoms with Crippen LogP contribution < -0.4 is 14.8 Å². The Kier molecular flexibility index (Phi) is 4.93. The summed E-state index contributed by atoms with van der Waals surface area (Å²) in [6.45, 7) is 0. The number of carbonyl (C=O) groups is 1. The Labute approximate surface area is 162 Å². The van der Waals surface area contributed by atoms with Crippen molar-refractivity contribution in [3.63, 3.8) is 0 Å². The number of hydrogen-bond donors (Lipinski definition) is 10. The highest BCUT2D eigenvalue weighted by atomic mass is 16.9. The third-order valence-electron chi connectivity index (χ3n) is 4.83. The van der Waals surface area contributed by atoms with E-state index in [1.54, 1.807) is 5.32 Å². The molecule has 1 saturated carbocycles. The molecule has 1 aromatic rings. The van der Waals surface area contributed by atoms with Crippen LogP contribution >= 0.6 is 0 Å². The van der Waals surface area contributed by atoms with Crippen molar-refractivity contribution in [1.82, 2.24) is 5.32 Å². The molecule has 13 heteroatoms. The minimum atomic E-state index is -3.88. The van der Waals surface area contributed by atoms with Gasteiger partial charge in [-0.2, -0.15) is 0 Å². The fourth-order valence-corrected chi connectivity index (χ4v) is 3.53. The van der Waals surface area contributed by atoms with E-state index in [2.05, 4.69) is 4.74 Å². The van der Waals surface area contributed by atoms with E-state index in [1.165, 1.54) is 0 Å². The first-order valence-electron chi connectivity index (χ1n) is 8.58. The van der Waals surface area contributed by atoms with Gasteiger partial charge in [0.05, 0.1) is 11.5 Å². The van der Waals surface area contributed by atoms with Crippen LogP contribution in [0, 0.1) is 0 Å². The lowest BCUT2D eigenvalue weighted by atomic mass is 9.92. The second-order valence-corrected chi connectivity index (χ2v) is 7.08. The van der Waals surface area contributed by atoms with E-state index in [1.807, 2.05) is 0 Å². The lowest BCUT2D eigenvalue weighted by Gasteiger charge is -2.30. The lowest BCUT2D eigenvalue weighted by molar-refractivity contribution is -0.420. The van der Waals surface area contributed by atoms with Crippen LogP contribution in [0.5, 0.6) is 28.7 Å². The van der Waals surface area contributed by atoms with Crippen LogP contribution in [-0.4, -0.2) is 69.7 Å². The number of nitrogens with one attached hydrogen (secondary N) is 1. The molecule has 1 amide bonds. The molecule has 29 heavy (non-hydrogen) atoms. The van der Waals surface area contributed by atoms with E-state index in [4.69, 9.17) is 20.1 Å². The first-order chi connectivity index (χ1) is 13.2. The standard InChI is InChI=1S/C16H21NO12/c18-7-5-6(15(23,24)17-7)8-9(19)11(21)13(29-16(25,26)27)12(10(8)20)28-14(22)3-1-2-4-14/h6,19-27H,1-5H2,(H,17,18). The van der Waals surface area contributed by atoms with Gasteiger partial charge in [-0.3, -0.25) is 4.79 Å². The van der Waals surface area contributed by atoms with Crippen molar-refractivity contribution in [2.24, 2.45) is 0 Å². The molecule has 1 saturated heterocycles. The summed E-state index contributed by atoms with van der Waals surface area (Å²) >= 11 is 0. The van der Waals surface area contributed by atoms with E-state index >= 15 is 0 Å². The smallest absolute Gasteiger partial charge is 0.453 e. The zero-order valence-corrected chi connectivity index (χ0v) is 14.9. The summed E-state index contributed by atoms with van der Waals surface area (Å²) in [4.78, 5) is 11.6. The summed E-state index contributed by atoms with van der Waals surface area (Å²) in [5, 5.41) is 90.6. The molecule has 0 bridgehead atoms. The molecule has 2 fully saturated rings. The van der Waals surface area contributed by atoms with Gasteiger partial charge in [-0.25, -0.2) is 0 Å². The number of amides is 1. The number of rotatable bonds is 5. The molecule has 1 aliphatic carbocycles. The van der Waals surface area contributed by atoms with E-state index in [9.17, 15) is 35.4 Å². The highest BCUT2D eigenvalue weighted by Crippen LogP contribution is 2.58. The quantitative estimate of drug-likeness (QED) is 0.137. The fraction of sp³-hybridized carbons (Fsp3) is 0.562. The number of hydrogen-bond acceptors (Lipinski definition) is 12. The molecule has 0 spiro atoms. The predicted octanol–water partition coefficient (Wildman–Crippen LogP) is -2.35. The first-order valence-corrected chi connectivity index (χ1v) is 8.58. The topological polar surface area (TPSA) is 230 Å². The van der Waals surface area contributed by atoms with Crippen molar-refractivity contribution >= 4 is 5.91 Å². The van der Waals surface area contributed by atoms with E-state index in [0.29, 0.717) is 12.8 Å². The molecule has 1 aliphatic heterocycles. The highest BCUT2D eigenvalue weighted by molar-refractivity contribution is 5.82. The van der Waals surface area contributed by atoms with Gasteiger partial charge < -0.3 is 60.7 Å². The van der Waals surface area contributed by atoms with E-state index in [0.717, 1.165) is 0 Å². The van der Waals surface area contributed by atoms with Gasteiger partial charge in [-0.15, -0.1) is 0 Å². The van der Waals surface area contributed by atoms with Gasteiger partial charge in [0, 0.05) is 19.3 Å². The Balaban J connectivity index is 2.20. The summed E-state index contributed by atoms with van der Waals surface area (Å²) in [6.07, 6.45) is -3.27. The number of aromatic hydroxyl groups is 3. The maximum atomic E-state index is 11.6. The largest absolute Gasteiger partial charge is 0.504 e. The van der Waals surface area contributed by atoms with Gasteiger partial charge in [-0.05, 0) is 12.8 Å². The monoisotopic (exact) mass is 419 g/mol. The number of aliphatic hydroxyl groups is 6. The Morgan fingerprint density at radius 3 is 2.00 bits per heavy atom. The second kappa shape index (κ2) is 6.76. The van der Waals surface area contributed by atoms with Crippen molar-refractivity contribution in [1.29, 1.82) is 0 Å². The molecule has 1 unspecified atom stereocenters. The summed E-state index contributed by atoms with van der Waals surface area (Å²) in [7, 11) is 0. The number of benzene rings is 1. The fourth-order valence-electron chi connectivity index (χ4n) is 3.53. The molecule has 13 nitrogen and oxygen atoms in total. The van der Waals surface area contributed by atoms with Crippen molar-refractivity contribution in [3.8, 4) is 28.7 Å². The van der Waals surface area contributed by atoms with Gasteiger partial charge in [0.1, 0.15) is 0 Å². The molecule has 1 aromatic carbocycles. The molecular formula is C16H21NO12. The summed E-state index contributed by atoms with van der Waals surface area (Å²) in [5.74, 6) is -13.1. The summed E-state index contributed by atoms with van der Waals surface area (Å²) in [6, 6.07) is 0. The van der Waals surface area contributed by atoms with Crippen molar-refractivity contribution in [2.45, 2.75) is 55.9 Å². The normalized spacial score (nSPS) is 23.1. The van der Waals surface area contributed by atoms with Gasteiger partial charge >= 0.3 is 6.16 Å². The highest BCUT2D eigenvalue weighted by Gasteiger charge is 2.50. The number of phenols is 3. The molecule has 0 radical (unpaired) electrons. The van der Waals surface area contributed by atoms with Crippen molar-refractivity contribution < 1.29 is 60.2 Å². The lowest BCUT2D eigenvalue weighted by Crippen LogP contribution is -2.44. The number of ether oxygens (including phenoxy) is 2. The summed E-state index contributed by atoms with van der Waals surface area (Å²) < 4.78 is 9.63. The van der Waals surface area contributed by atoms with E-state index in [-0.39, 0.29) is 12.8 Å². The van der Waals surface area contributed by atoms with Crippen LogP contribution in [0.15, 0.2) is 0 Å². The molecule has 1 atom stereocenters. The van der Waals surface area contributed by atoms with E-state index < -0.39 is 70.4 Å². The van der Waals surface area contributed by atoms with Crippen LogP contribution in [0.25, 0.3) is 0 Å². The molecule has 162 valence electrons. The zero-order valence-electron chi connectivity index (χ0n) is 14.9. The number of carbonyl (C=O) groups excluding carboxylic acids is 1. The van der Waals surface area contributed by atoms with Gasteiger partial charge in [-0.1, -0.05) is 0 Å². The minimum absolute atomic E-state index is 0.0821. The Bertz CT molecular complexity index is 824. The van der Waals surface area contributed by atoms with Crippen LogP contribution in [0.4, 0.5) is 0 Å². The SMILES string of the molecule is O=C1CC(c2c(O)c(O)c(OC(O)(O)O)c(OC3(O)CCCC3)c2O)C(O)(O)N1. The Hall–Kier alpha value is -2.55. The van der Waals surface area contributed by atoms with Crippen molar-refractivity contribution in [2.75, 3.05) is 0 Å². The van der Waals surface area contributed by atoms with Crippen LogP contribution in [0.2, 0.25) is 0 Å². The average molecular weight is 419 g/mol. The van der Waals surface area contributed by atoms with Crippen LogP contribution in [0.1, 0.15) is 43.6 Å². The molecule has 1 heterocycles. The molecule has 2 aliphatic rings. The van der Waals surface area contributed by atoms with Gasteiger partial charge in [0.2, 0.25) is 28.9 Å². The predicted molar refractivity (Wildman–Crippen MR) is 88.2 cm³/mol. The molecule has 10 N–H and O–H groups in total.